The Hall–Kier alpha value is -0.710. The molecule has 1 rings (SSSR count). The molecule has 0 aliphatic carbocycles. The molecule has 1 aromatic carbocycles. The van der Waals surface area contributed by atoms with Crippen LogP contribution in [0.4, 0.5) is 0 Å². The van der Waals surface area contributed by atoms with Crippen LogP contribution in [-0.4, -0.2) is 50.7 Å². The normalized spacial score (nSPS) is 10.9. The number of nitrogens with zero attached hydrogens (tertiary/aromatic N) is 1. The van der Waals surface area contributed by atoms with Crippen molar-refractivity contribution in [2.24, 2.45) is 0 Å². The Morgan fingerprint density at radius 3 is 2.56 bits per heavy atom. The second-order valence-electron chi connectivity index (χ2n) is 4.32. The van der Waals surface area contributed by atoms with Gasteiger partial charge in [0.15, 0.2) is 0 Å². The van der Waals surface area contributed by atoms with Gasteiger partial charge in [0.2, 0.25) is 0 Å². The lowest BCUT2D eigenvalue weighted by molar-refractivity contribution is 0.245. The maximum absolute atomic E-state index is 5.72. The third-order valence-electron chi connectivity index (χ3n) is 2.72. The van der Waals surface area contributed by atoms with E-state index in [4.69, 9.17) is 4.74 Å². The van der Waals surface area contributed by atoms with Crippen LogP contribution in [-0.2, 0) is 6.54 Å². The highest BCUT2D eigenvalue weighted by Gasteiger charge is 1.99. The maximum atomic E-state index is 5.72. The molecule has 0 unspecified atom stereocenters. The van der Waals surface area contributed by atoms with E-state index in [1.54, 1.807) is 0 Å². The molecule has 102 valence electrons. The number of likely N-dealkylation sites (N-methyl/N-ethyl adjacent to an activating group) is 1. The number of hydrogen-bond donors (Lipinski definition) is 1. The van der Waals surface area contributed by atoms with Gasteiger partial charge in [-0.15, -0.1) is 0 Å². The summed E-state index contributed by atoms with van der Waals surface area (Å²) in [6, 6.07) is 8.27. The predicted molar refractivity (Wildman–Crippen MR) is 80.6 cm³/mol. The minimum absolute atomic E-state index is 0.746. The molecule has 0 bridgehead atoms. The van der Waals surface area contributed by atoms with E-state index in [9.17, 15) is 0 Å². The molecule has 0 radical (unpaired) electrons. The van der Waals surface area contributed by atoms with Crippen LogP contribution in [0.2, 0.25) is 0 Å². The summed E-state index contributed by atoms with van der Waals surface area (Å²) >= 11 is 1.88. The van der Waals surface area contributed by atoms with Gasteiger partial charge in [0, 0.05) is 25.4 Å². The Bertz CT molecular complexity index is 316. The Kier molecular flexibility index (Phi) is 7.89. The molecule has 0 fully saturated rings. The molecule has 0 aliphatic rings. The SMILES string of the molecule is CNCc1ccc(OCCN(C)CCSC)cc1. The van der Waals surface area contributed by atoms with Crippen molar-refractivity contribution in [1.82, 2.24) is 10.2 Å². The number of ether oxygens (including phenoxy) is 1. The van der Waals surface area contributed by atoms with Crippen molar-refractivity contribution in [3.63, 3.8) is 0 Å². The van der Waals surface area contributed by atoms with Crippen LogP contribution < -0.4 is 10.1 Å². The molecule has 0 saturated carbocycles. The summed E-state index contributed by atoms with van der Waals surface area (Å²) in [6.07, 6.45) is 2.14. The molecule has 0 amide bonds. The lowest BCUT2D eigenvalue weighted by Crippen LogP contribution is -2.26. The lowest BCUT2D eigenvalue weighted by atomic mass is 10.2. The fourth-order valence-corrected chi connectivity index (χ4v) is 2.08. The Morgan fingerprint density at radius 1 is 1.22 bits per heavy atom. The first kappa shape index (κ1) is 15.3. The molecule has 0 aromatic heterocycles. The van der Waals surface area contributed by atoms with Gasteiger partial charge in [-0.25, -0.2) is 0 Å². The van der Waals surface area contributed by atoms with E-state index in [0.29, 0.717) is 0 Å². The molecular formula is C14H24N2OS. The molecule has 0 heterocycles. The second-order valence-corrected chi connectivity index (χ2v) is 5.30. The maximum Gasteiger partial charge on any atom is 0.119 e. The van der Waals surface area contributed by atoms with Gasteiger partial charge in [-0.2, -0.15) is 11.8 Å². The molecule has 3 nitrogen and oxygen atoms in total. The highest BCUT2D eigenvalue weighted by atomic mass is 32.2. The van der Waals surface area contributed by atoms with Crippen LogP contribution >= 0.6 is 11.8 Å². The van der Waals surface area contributed by atoms with Crippen molar-refractivity contribution in [2.75, 3.05) is 45.8 Å². The van der Waals surface area contributed by atoms with Crippen LogP contribution in [0.3, 0.4) is 0 Å². The first-order chi connectivity index (χ1) is 8.76. The quantitative estimate of drug-likeness (QED) is 0.741. The zero-order chi connectivity index (χ0) is 13.2. The lowest BCUT2D eigenvalue weighted by Gasteiger charge is -2.16. The van der Waals surface area contributed by atoms with E-state index in [1.807, 2.05) is 30.9 Å². The molecule has 0 atom stereocenters. The predicted octanol–water partition coefficient (Wildman–Crippen LogP) is 2.08. The van der Waals surface area contributed by atoms with Gasteiger partial charge in [0.25, 0.3) is 0 Å². The van der Waals surface area contributed by atoms with Crippen molar-refractivity contribution < 1.29 is 4.74 Å². The minimum Gasteiger partial charge on any atom is -0.492 e. The van der Waals surface area contributed by atoms with E-state index >= 15 is 0 Å². The van der Waals surface area contributed by atoms with Gasteiger partial charge < -0.3 is 15.0 Å². The average Bonchev–Trinajstić information content (AvgIpc) is 2.39. The van der Waals surface area contributed by atoms with Crippen LogP contribution in [0.5, 0.6) is 5.75 Å². The third kappa shape index (κ3) is 6.28. The fourth-order valence-electron chi connectivity index (χ4n) is 1.59. The number of hydrogen-bond acceptors (Lipinski definition) is 4. The van der Waals surface area contributed by atoms with Crippen molar-refractivity contribution in [3.8, 4) is 5.75 Å². The summed E-state index contributed by atoms with van der Waals surface area (Å²) < 4.78 is 5.72. The fraction of sp³-hybridized carbons (Fsp3) is 0.571. The topological polar surface area (TPSA) is 24.5 Å². The zero-order valence-electron chi connectivity index (χ0n) is 11.6. The largest absolute Gasteiger partial charge is 0.492 e. The highest BCUT2D eigenvalue weighted by molar-refractivity contribution is 7.98. The Morgan fingerprint density at radius 2 is 1.94 bits per heavy atom. The molecule has 1 aromatic rings. The number of benzene rings is 1. The molecule has 0 aliphatic heterocycles. The van der Waals surface area contributed by atoms with Crippen molar-refractivity contribution in [2.45, 2.75) is 6.54 Å². The number of rotatable bonds is 9. The van der Waals surface area contributed by atoms with Gasteiger partial charge in [-0.05, 0) is 38.0 Å². The van der Waals surface area contributed by atoms with Gasteiger partial charge in [-0.3, -0.25) is 0 Å². The van der Waals surface area contributed by atoms with Crippen molar-refractivity contribution in [3.05, 3.63) is 29.8 Å². The van der Waals surface area contributed by atoms with Crippen LogP contribution in [0.25, 0.3) is 0 Å². The first-order valence-corrected chi connectivity index (χ1v) is 7.69. The summed E-state index contributed by atoms with van der Waals surface area (Å²) in [6.45, 7) is 3.73. The standard InChI is InChI=1S/C14H24N2OS/c1-15-12-13-4-6-14(7-5-13)17-10-8-16(2)9-11-18-3/h4-7,15H,8-12H2,1-3H3. The number of nitrogens with one attached hydrogen (secondary N) is 1. The summed E-state index contributed by atoms with van der Waals surface area (Å²) in [5, 5.41) is 3.13. The van der Waals surface area contributed by atoms with Crippen LogP contribution in [0.1, 0.15) is 5.56 Å². The molecule has 0 spiro atoms. The van der Waals surface area contributed by atoms with E-state index < -0.39 is 0 Å². The zero-order valence-corrected chi connectivity index (χ0v) is 12.4. The van der Waals surface area contributed by atoms with Crippen LogP contribution in [0, 0.1) is 0 Å². The average molecular weight is 268 g/mol. The monoisotopic (exact) mass is 268 g/mol. The van der Waals surface area contributed by atoms with Gasteiger partial charge in [0.05, 0.1) is 0 Å². The van der Waals surface area contributed by atoms with Crippen molar-refractivity contribution >= 4 is 11.8 Å². The summed E-state index contributed by atoms with van der Waals surface area (Å²) in [5.74, 6) is 2.13. The molecule has 4 heteroatoms. The van der Waals surface area contributed by atoms with E-state index in [-0.39, 0.29) is 0 Å². The Balaban J connectivity index is 2.22. The third-order valence-corrected chi connectivity index (χ3v) is 3.31. The minimum atomic E-state index is 0.746. The summed E-state index contributed by atoms with van der Waals surface area (Å²) in [7, 11) is 4.09. The highest BCUT2D eigenvalue weighted by Crippen LogP contribution is 2.11. The molecule has 18 heavy (non-hydrogen) atoms. The molecule has 0 saturated heterocycles. The number of thioether (sulfide) groups is 1. The summed E-state index contributed by atoms with van der Waals surface area (Å²) in [4.78, 5) is 2.30. The second kappa shape index (κ2) is 9.25. The first-order valence-electron chi connectivity index (χ1n) is 6.30. The van der Waals surface area contributed by atoms with E-state index in [2.05, 4.69) is 35.7 Å². The van der Waals surface area contributed by atoms with E-state index in [1.165, 1.54) is 11.3 Å². The van der Waals surface area contributed by atoms with Crippen molar-refractivity contribution in [1.29, 1.82) is 0 Å². The van der Waals surface area contributed by atoms with Gasteiger partial charge in [0.1, 0.15) is 12.4 Å². The van der Waals surface area contributed by atoms with Gasteiger partial charge >= 0.3 is 0 Å². The summed E-state index contributed by atoms with van der Waals surface area (Å²) in [5.41, 5.74) is 1.28. The van der Waals surface area contributed by atoms with Crippen LogP contribution in [0.15, 0.2) is 24.3 Å². The molecule has 1 N–H and O–H groups in total. The smallest absolute Gasteiger partial charge is 0.119 e. The van der Waals surface area contributed by atoms with E-state index in [0.717, 1.165) is 32.0 Å². The molecular weight excluding hydrogens is 244 g/mol. The Labute approximate surface area is 115 Å². The van der Waals surface area contributed by atoms with Gasteiger partial charge in [-0.1, -0.05) is 12.1 Å².